The molecule has 21 heavy (non-hydrogen) atoms. The number of ether oxygens (including phenoxy) is 3. The minimum atomic E-state index is -0.0132. The standard InChI is InChI=1S/C18H36O3/c1-4-7-8-9-10-11-16(12-13-17-15-21-17)14-18(19-5-2)20-6-3/h16-18H,4-15H2,1-3H3. The first kappa shape index (κ1) is 18.9. The number of unbranched alkanes of at least 4 members (excludes halogenated alkanes) is 4. The van der Waals surface area contributed by atoms with E-state index < -0.39 is 0 Å². The second-order valence-electron chi connectivity index (χ2n) is 6.18. The van der Waals surface area contributed by atoms with Gasteiger partial charge in [0, 0.05) is 19.6 Å². The first-order valence-corrected chi connectivity index (χ1v) is 9.14. The normalized spacial score (nSPS) is 19.1. The van der Waals surface area contributed by atoms with Gasteiger partial charge in [-0.15, -0.1) is 0 Å². The molecule has 1 aliphatic heterocycles. The summed E-state index contributed by atoms with van der Waals surface area (Å²) in [5, 5.41) is 0. The lowest BCUT2D eigenvalue weighted by Gasteiger charge is -2.23. The van der Waals surface area contributed by atoms with E-state index in [0.717, 1.165) is 32.2 Å². The van der Waals surface area contributed by atoms with Crippen molar-refractivity contribution < 1.29 is 14.2 Å². The maximum atomic E-state index is 5.73. The molecule has 2 unspecified atom stereocenters. The molecule has 1 rings (SSSR count). The van der Waals surface area contributed by atoms with Gasteiger partial charge in [0.2, 0.25) is 0 Å². The molecule has 0 spiro atoms. The molecule has 1 heterocycles. The van der Waals surface area contributed by atoms with Crippen molar-refractivity contribution in [2.75, 3.05) is 19.8 Å². The van der Waals surface area contributed by atoms with Crippen molar-refractivity contribution in [3.63, 3.8) is 0 Å². The maximum absolute atomic E-state index is 5.73. The maximum Gasteiger partial charge on any atom is 0.157 e. The first-order valence-electron chi connectivity index (χ1n) is 9.14. The van der Waals surface area contributed by atoms with Crippen molar-refractivity contribution in [2.45, 2.75) is 91.0 Å². The molecule has 1 aliphatic rings. The van der Waals surface area contributed by atoms with Gasteiger partial charge in [-0.25, -0.2) is 0 Å². The third-order valence-electron chi connectivity index (χ3n) is 4.25. The summed E-state index contributed by atoms with van der Waals surface area (Å²) in [6.07, 6.45) is 12.2. The lowest BCUT2D eigenvalue weighted by atomic mass is 9.92. The summed E-state index contributed by atoms with van der Waals surface area (Å²) < 4.78 is 16.8. The highest BCUT2D eigenvalue weighted by molar-refractivity contribution is 4.72. The van der Waals surface area contributed by atoms with Crippen molar-refractivity contribution in [3.05, 3.63) is 0 Å². The van der Waals surface area contributed by atoms with Crippen LogP contribution in [0.4, 0.5) is 0 Å². The number of hydrogen-bond acceptors (Lipinski definition) is 3. The van der Waals surface area contributed by atoms with E-state index in [0.29, 0.717) is 6.10 Å². The molecule has 1 fully saturated rings. The Morgan fingerprint density at radius 2 is 1.62 bits per heavy atom. The van der Waals surface area contributed by atoms with Crippen LogP contribution in [-0.4, -0.2) is 32.2 Å². The molecule has 0 N–H and O–H groups in total. The minimum absolute atomic E-state index is 0.0132. The van der Waals surface area contributed by atoms with E-state index in [1.165, 1.54) is 51.4 Å². The Hall–Kier alpha value is -0.120. The molecule has 0 bridgehead atoms. The van der Waals surface area contributed by atoms with Crippen LogP contribution >= 0.6 is 0 Å². The molecular weight excluding hydrogens is 264 g/mol. The second-order valence-corrected chi connectivity index (χ2v) is 6.18. The second kappa shape index (κ2) is 12.4. The average Bonchev–Trinajstić information content (AvgIpc) is 3.29. The fourth-order valence-corrected chi connectivity index (χ4v) is 2.90. The number of rotatable bonds is 15. The highest BCUT2D eigenvalue weighted by atomic mass is 16.7. The van der Waals surface area contributed by atoms with Gasteiger partial charge in [-0.05, 0) is 32.6 Å². The molecule has 0 aliphatic carbocycles. The Morgan fingerprint density at radius 1 is 0.952 bits per heavy atom. The van der Waals surface area contributed by atoms with Crippen LogP contribution in [0.1, 0.15) is 78.6 Å². The highest BCUT2D eigenvalue weighted by Gasteiger charge is 2.25. The Morgan fingerprint density at radius 3 is 2.19 bits per heavy atom. The van der Waals surface area contributed by atoms with Crippen molar-refractivity contribution >= 4 is 0 Å². The smallest absolute Gasteiger partial charge is 0.157 e. The van der Waals surface area contributed by atoms with E-state index in [-0.39, 0.29) is 6.29 Å². The van der Waals surface area contributed by atoms with Gasteiger partial charge < -0.3 is 14.2 Å². The molecule has 3 nitrogen and oxygen atoms in total. The van der Waals surface area contributed by atoms with Gasteiger partial charge in [0.15, 0.2) is 6.29 Å². The highest BCUT2D eigenvalue weighted by Crippen LogP contribution is 2.27. The van der Waals surface area contributed by atoms with Crippen molar-refractivity contribution in [2.24, 2.45) is 5.92 Å². The van der Waals surface area contributed by atoms with Crippen LogP contribution < -0.4 is 0 Å². The molecule has 0 radical (unpaired) electrons. The molecule has 0 aromatic heterocycles. The summed E-state index contributed by atoms with van der Waals surface area (Å²) in [6, 6.07) is 0. The molecular formula is C18H36O3. The van der Waals surface area contributed by atoms with Crippen LogP contribution in [-0.2, 0) is 14.2 Å². The van der Waals surface area contributed by atoms with E-state index in [9.17, 15) is 0 Å². The van der Waals surface area contributed by atoms with Gasteiger partial charge in [0.05, 0.1) is 12.7 Å². The summed E-state index contributed by atoms with van der Waals surface area (Å²) in [5.74, 6) is 0.721. The van der Waals surface area contributed by atoms with E-state index >= 15 is 0 Å². The first-order chi connectivity index (χ1) is 10.3. The lowest BCUT2D eigenvalue weighted by Crippen LogP contribution is -2.21. The summed E-state index contributed by atoms with van der Waals surface area (Å²) in [6.45, 7) is 8.81. The average molecular weight is 300 g/mol. The van der Waals surface area contributed by atoms with Crippen LogP contribution in [0.3, 0.4) is 0 Å². The third kappa shape index (κ3) is 10.3. The zero-order chi connectivity index (χ0) is 15.3. The minimum Gasteiger partial charge on any atom is -0.373 e. The zero-order valence-corrected chi connectivity index (χ0v) is 14.4. The zero-order valence-electron chi connectivity index (χ0n) is 14.4. The molecule has 3 heteroatoms. The van der Waals surface area contributed by atoms with E-state index in [2.05, 4.69) is 6.92 Å². The van der Waals surface area contributed by atoms with Gasteiger partial charge in [-0.2, -0.15) is 0 Å². The van der Waals surface area contributed by atoms with Crippen molar-refractivity contribution in [3.8, 4) is 0 Å². The van der Waals surface area contributed by atoms with E-state index in [1.807, 2.05) is 13.8 Å². The van der Waals surface area contributed by atoms with Crippen LogP contribution in [0.5, 0.6) is 0 Å². The fourth-order valence-electron chi connectivity index (χ4n) is 2.90. The van der Waals surface area contributed by atoms with Crippen LogP contribution in [0.15, 0.2) is 0 Å². The molecule has 0 aromatic rings. The van der Waals surface area contributed by atoms with Crippen LogP contribution in [0, 0.1) is 5.92 Å². The molecule has 2 atom stereocenters. The van der Waals surface area contributed by atoms with Gasteiger partial charge in [0.1, 0.15) is 0 Å². The molecule has 0 amide bonds. The Labute approximate surface area is 131 Å². The summed E-state index contributed by atoms with van der Waals surface area (Å²) in [4.78, 5) is 0. The number of epoxide rings is 1. The van der Waals surface area contributed by atoms with Crippen LogP contribution in [0.25, 0.3) is 0 Å². The molecule has 1 saturated heterocycles. The SMILES string of the molecule is CCCCCCCC(CCC1CO1)CC(OCC)OCC. The van der Waals surface area contributed by atoms with Gasteiger partial charge in [-0.3, -0.25) is 0 Å². The van der Waals surface area contributed by atoms with Gasteiger partial charge in [0.25, 0.3) is 0 Å². The molecule has 0 saturated carbocycles. The Balaban J connectivity index is 2.26. The fraction of sp³-hybridized carbons (Fsp3) is 1.00. The van der Waals surface area contributed by atoms with E-state index in [1.54, 1.807) is 0 Å². The molecule has 126 valence electrons. The monoisotopic (exact) mass is 300 g/mol. The Bertz CT molecular complexity index is 223. The van der Waals surface area contributed by atoms with Crippen molar-refractivity contribution in [1.82, 2.24) is 0 Å². The van der Waals surface area contributed by atoms with Gasteiger partial charge in [-0.1, -0.05) is 45.4 Å². The summed E-state index contributed by atoms with van der Waals surface area (Å²) >= 11 is 0. The topological polar surface area (TPSA) is 31.0 Å². The predicted octanol–water partition coefficient (Wildman–Crippen LogP) is 4.93. The molecule has 0 aromatic carbocycles. The quantitative estimate of drug-likeness (QED) is 0.244. The Kier molecular flexibility index (Phi) is 11.2. The van der Waals surface area contributed by atoms with Crippen molar-refractivity contribution in [1.29, 1.82) is 0 Å². The van der Waals surface area contributed by atoms with Gasteiger partial charge >= 0.3 is 0 Å². The summed E-state index contributed by atoms with van der Waals surface area (Å²) in [7, 11) is 0. The van der Waals surface area contributed by atoms with E-state index in [4.69, 9.17) is 14.2 Å². The lowest BCUT2D eigenvalue weighted by molar-refractivity contribution is -0.147. The summed E-state index contributed by atoms with van der Waals surface area (Å²) in [5.41, 5.74) is 0. The third-order valence-corrected chi connectivity index (χ3v) is 4.25. The number of hydrogen-bond donors (Lipinski definition) is 0. The predicted molar refractivity (Wildman–Crippen MR) is 87.5 cm³/mol. The van der Waals surface area contributed by atoms with Crippen LogP contribution in [0.2, 0.25) is 0 Å². The largest absolute Gasteiger partial charge is 0.373 e.